The van der Waals surface area contributed by atoms with Gasteiger partial charge >= 0.3 is 0 Å². The maximum atomic E-state index is 14.6. The number of benzene rings is 2. The molecular formula is C22H24F2N2O. The van der Waals surface area contributed by atoms with Crippen molar-refractivity contribution < 1.29 is 13.9 Å². The van der Waals surface area contributed by atoms with Gasteiger partial charge in [-0.15, -0.1) is 0 Å². The number of likely N-dealkylation sites (tertiary alicyclic amines) is 1. The van der Waals surface area contributed by atoms with E-state index in [4.69, 9.17) is 0 Å². The molecular weight excluding hydrogens is 346 g/mol. The zero-order chi connectivity index (χ0) is 18.5. The third kappa shape index (κ3) is 2.75. The summed E-state index contributed by atoms with van der Waals surface area (Å²) in [5.41, 5.74) is 1.39. The Balaban J connectivity index is 1.52. The van der Waals surface area contributed by atoms with Gasteiger partial charge in [-0.1, -0.05) is 30.3 Å². The number of nitrogens with zero attached hydrogens (tertiary/aromatic N) is 2. The number of rotatable bonds is 3. The lowest BCUT2D eigenvalue weighted by Gasteiger charge is -2.51. The maximum Gasteiger partial charge on any atom is 0.162 e. The molecule has 4 saturated heterocycles. The van der Waals surface area contributed by atoms with Crippen molar-refractivity contribution in [1.82, 2.24) is 9.80 Å². The first-order valence-electron chi connectivity index (χ1n) is 9.82. The Labute approximate surface area is 158 Å². The molecule has 142 valence electrons. The molecule has 0 amide bonds. The molecule has 6 rings (SSSR count). The zero-order valence-electron chi connectivity index (χ0n) is 15.2. The minimum absolute atomic E-state index is 0.0420. The van der Waals surface area contributed by atoms with Crippen molar-refractivity contribution >= 4 is 0 Å². The highest BCUT2D eigenvalue weighted by Gasteiger charge is 2.53. The van der Waals surface area contributed by atoms with Crippen LogP contribution in [-0.4, -0.2) is 46.6 Å². The Bertz CT molecular complexity index is 850. The number of piperidine rings is 3. The van der Waals surface area contributed by atoms with Crippen molar-refractivity contribution in [2.45, 2.75) is 37.4 Å². The molecule has 4 heterocycles. The first-order chi connectivity index (χ1) is 13.1. The van der Waals surface area contributed by atoms with Crippen LogP contribution < -0.4 is 0 Å². The summed E-state index contributed by atoms with van der Waals surface area (Å²) >= 11 is 0. The SMILES string of the molecule is Oc1ccccc1CN1C[C@@H](c2cccc(F)c2F)[C@@H]2[C@H]1C1CCN2CC1. The molecule has 4 aliphatic rings. The Kier molecular flexibility index (Phi) is 4.17. The number of hydrogen-bond acceptors (Lipinski definition) is 3. The average molecular weight is 370 g/mol. The molecule has 1 N–H and O–H groups in total. The molecule has 27 heavy (non-hydrogen) atoms. The summed E-state index contributed by atoms with van der Waals surface area (Å²) in [4.78, 5) is 4.87. The maximum absolute atomic E-state index is 14.6. The van der Waals surface area contributed by atoms with Crippen molar-refractivity contribution in [2.24, 2.45) is 5.92 Å². The van der Waals surface area contributed by atoms with Gasteiger partial charge in [-0.05, 0) is 49.5 Å². The number of phenols is 1. The summed E-state index contributed by atoms with van der Waals surface area (Å²) in [7, 11) is 0. The highest BCUT2D eigenvalue weighted by molar-refractivity contribution is 5.33. The van der Waals surface area contributed by atoms with E-state index in [0.29, 0.717) is 36.4 Å². The van der Waals surface area contributed by atoms with Crippen LogP contribution in [0.4, 0.5) is 8.78 Å². The monoisotopic (exact) mass is 370 g/mol. The third-order valence-corrected chi connectivity index (χ3v) is 6.84. The predicted octanol–water partition coefficient (Wildman–Crippen LogP) is 3.73. The van der Waals surface area contributed by atoms with Gasteiger partial charge in [0.2, 0.25) is 0 Å². The van der Waals surface area contributed by atoms with Crippen LogP contribution in [0.1, 0.15) is 29.9 Å². The number of hydrogen-bond donors (Lipinski definition) is 1. The van der Waals surface area contributed by atoms with E-state index >= 15 is 0 Å². The zero-order valence-corrected chi connectivity index (χ0v) is 15.2. The van der Waals surface area contributed by atoms with Gasteiger partial charge in [0.15, 0.2) is 11.6 Å². The molecule has 4 fully saturated rings. The molecule has 3 nitrogen and oxygen atoms in total. The summed E-state index contributed by atoms with van der Waals surface area (Å²) in [5, 5.41) is 10.2. The van der Waals surface area contributed by atoms with Crippen molar-refractivity contribution in [2.75, 3.05) is 19.6 Å². The fourth-order valence-corrected chi connectivity index (χ4v) is 5.67. The van der Waals surface area contributed by atoms with Gasteiger partial charge < -0.3 is 5.11 Å². The second-order valence-electron chi connectivity index (χ2n) is 8.16. The summed E-state index contributed by atoms with van der Waals surface area (Å²) in [6, 6.07) is 12.5. The largest absolute Gasteiger partial charge is 0.508 e. The van der Waals surface area contributed by atoms with E-state index in [0.717, 1.165) is 31.5 Å². The van der Waals surface area contributed by atoms with Gasteiger partial charge in [0.05, 0.1) is 0 Å². The van der Waals surface area contributed by atoms with Crippen LogP contribution in [-0.2, 0) is 6.54 Å². The Morgan fingerprint density at radius 1 is 0.963 bits per heavy atom. The number of aromatic hydroxyl groups is 1. The standard InChI is InChI=1S/C22H24F2N2O/c23-18-6-3-5-16(20(18)24)17-13-26(12-15-4-1-2-7-19(15)27)21-14-8-10-25(11-9-14)22(17)21/h1-7,14,17,21-22,27H,8-13H2/t17-,21+,22+/m0/s1. The van der Waals surface area contributed by atoms with Crippen molar-refractivity contribution in [3.63, 3.8) is 0 Å². The predicted molar refractivity (Wildman–Crippen MR) is 99.5 cm³/mol. The van der Waals surface area contributed by atoms with Gasteiger partial charge in [-0.3, -0.25) is 9.80 Å². The first kappa shape index (κ1) is 17.1. The Morgan fingerprint density at radius 3 is 2.52 bits per heavy atom. The summed E-state index contributed by atoms with van der Waals surface area (Å²) in [6.45, 7) is 3.43. The van der Waals surface area contributed by atoms with Crippen LogP contribution in [0.5, 0.6) is 5.75 Å². The molecule has 4 aliphatic heterocycles. The van der Waals surface area contributed by atoms with Crippen molar-refractivity contribution in [3.05, 3.63) is 65.2 Å². The molecule has 0 unspecified atom stereocenters. The molecule has 0 saturated carbocycles. The van der Waals surface area contributed by atoms with Crippen LogP contribution >= 0.6 is 0 Å². The Hall–Kier alpha value is -1.98. The molecule has 5 heteroatoms. The average Bonchev–Trinajstić information content (AvgIpc) is 3.08. The molecule has 2 aromatic rings. The van der Waals surface area contributed by atoms with Crippen molar-refractivity contribution in [1.29, 1.82) is 0 Å². The van der Waals surface area contributed by atoms with E-state index < -0.39 is 11.6 Å². The Morgan fingerprint density at radius 2 is 1.74 bits per heavy atom. The minimum atomic E-state index is -0.765. The lowest BCUT2D eigenvalue weighted by atomic mass is 9.75. The van der Waals surface area contributed by atoms with E-state index in [2.05, 4.69) is 9.80 Å². The minimum Gasteiger partial charge on any atom is -0.508 e. The summed E-state index contributed by atoms with van der Waals surface area (Å²) in [6.07, 6.45) is 2.33. The number of para-hydroxylation sites is 1. The second-order valence-corrected chi connectivity index (χ2v) is 8.16. The van der Waals surface area contributed by atoms with E-state index in [-0.39, 0.29) is 12.0 Å². The summed E-state index contributed by atoms with van der Waals surface area (Å²) in [5.74, 6) is -0.615. The van der Waals surface area contributed by atoms with E-state index in [9.17, 15) is 13.9 Å². The highest BCUT2D eigenvalue weighted by atomic mass is 19.2. The normalized spacial score (nSPS) is 32.6. The lowest BCUT2D eigenvalue weighted by molar-refractivity contribution is -0.00902. The van der Waals surface area contributed by atoms with Crippen molar-refractivity contribution in [3.8, 4) is 5.75 Å². The molecule has 0 radical (unpaired) electrons. The van der Waals surface area contributed by atoms with E-state index in [1.54, 1.807) is 18.2 Å². The first-order valence-corrected chi connectivity index (χ1v) is 9.82. The highest BCUT2D eigenvalue weighted by Crippen LogP contribution is 2.47. The molecule has 2 aromatic carbocycles. The fourth-order valence-electron chi connectivity index (χ4n) is 5.67. The quantitative estimate of drug-likeness (QED) is 0.892. The summed E-state index contributed by atoms with van der Waals surface area (Å²) < 4.78 is 28.5. The number of halogens is 2. The molecule has 3 atom stereocenters. The van der Waals surface area contributed by atoms with E-state index in [1.165, 1.54) is 6.07 Å². The lowest BCUT2D eigenvalue weighted by Crippen LogP contribution is -2.60. The third-order valence-electron chi connectivity index (χ3n) is 6.84. The molecule has 2 bridgehead atoms. The van der Waals surface area contributed by atoms with Crippen LogP contribution in [0.25, 0.3) is 0 Å². The van der Waals surface area contributed by atoms with Crippen LogP contribution in [0, 0.1) is 17.6 Å². The van der Waals surface area contributed by atoms with E-state index in [1.807, 2.05) is 18.2 Å². The van der Waals surface area contributed by atoms with Crippen LogP contribution in [0.3, 0.4) is 0 Å². The smallest absolute Gasteiger partial charge is 0.162 e. The molecule has 0 spiro atoms. The van der Waals surface area contributed by atoms with Gasteiger partial charge in [0.25, 0.3) is 0 Å². The molecule has 0 aliphatic carbocycles. The van der Waals surface area contributed by atoms with Gasteiger partial charge in [0.1, 0.15) is 5.75 Å². The second kappa shape index (κ2) is 6.57. The topological polar surface area (TPSA) is 26.7 Å². The van der Waals surface area contributed by atoms with Gasteiger partial charge in [0, 0.05) is 36.7 Å². The molecule has 0 aromatic heterocycles. The van der Waals surface area contributed by atoms with Gasteiger partial charge in [-0.2, -0.15) is 0 Å². The number of phenolic OH excluding ortho intramolecular Hbond substituents is 1. The number of fused-ring (bicyclic) bond motifs is 2. The van der Waals surface area contributed by atoms with Gasteiger partial charge in [-0.25, -0.2) is 8.78 Å². The van der Waals surface area contributed by atoms with Crippen LogP contribution in [0.2, 0.25) is 0 Å². The fraction of sp³-hybridized carbons (Fsp3) is 0.455. The van der Waals surface area contributed by atoms with Crippen LogP contribution in [0.15, 0.2) is 42.5 Å².